The van der Waals surface area contributed by atoms with Crippen molar-refractivity contribution in [3.63, 3.8) is 0 Å². The Balaban J connectivity index is 2.87. The lowest BCUT2D eigenvalue weighted by atomic mass is 9.94. The summed E-state index contributed by atoms with van der Waals surface area (Å²) in [4.78, 5) is 12.1. The van der Waals surface area contributed by atoms with Gasteiger partial charge in [-0.15, -0.1) is 0 Å². The number of amides is 1. The number of benzene rings is 1. The van der Waals surface area contributed by atoms with Gasteiger partial charge < -0.3 is 11.1 Å². The highest BCUT2D eigenvalue weighted by atomic mass is 16.1. The summed E-state index contributed by atoms with van der Waals surface area (Å²) < 4.78 is 0. The molecule has 1 rings (SSSR count). The average Bonchev–Trinajstić information content (AvgIpc) is 2.24. The molecule has 0 saturated heterocycles. The van der Waals surface area contributed by atoms with E-state index < -0.39 is 0 Å². The van der Waals surface area contributed by atoms with Crippen LogP contribution in [0.25, 0.3) is 0 Å². The Labute approximate surface area is 103 Å². The molecule has 1 unspecified atom stereocenters. The van der Waals surface area contributed by atoms with Crippen molar-refractivity contribution in [1.82, 2.24) is 0 Å². The third-order valence-electron chi connectivity index (χ3n) is 3.12. The fourth-order valence-corrected chi connectivity index (χ4v) is 1.91. The molecule has 1 aromatic carbocycles. The largest absolute Gasteiger partial charge is 0.330 e. The van der Waals surface area contributed by atoms with Crippen LogP contribution < -0.4 is 11.1 Å². The zero-order valence-corrected chi connectivity index (χ0v) is 11.1. The quantitative estimate of drug-likeness (QED) is 0.841. The highest BCUT2D eigenvalue weighted by molar-refractivity contribution is 5.94. The second-order valence-corrected chi connectivity index (χ2v) is 4.84. The first-order valence-electron chi connectivity index (χ1n) is 6.04. The fourth-order valence-electron chi connectivity index (χ4n) is 1.91. The number of rotatable bonds is 4. The van der Waals surface area contributed by atoms with Crippen molar-refractivity contribution in [2.75, 3.05) is 11.9 Å². The van der Waals surface area contributed by atoms with Crippen molar-refractivity contribution in [3.8, 4) is 0 Å². The summed E-state index contributed by atoms with van der Waals surface area (Å²) in [6.07, 6.45) is 0. The summed E-state index contributed by atoms with van der Waals surface area (Å²) in [5, 5.41) is 2.99. The van der Waals surface area contributed by atoms with Crippen LogP contribution in [0.4, 0.5) is 5.69 Å². The SMILES string of the molecule is Cc1cccc(C)c1NC(=O)C(CN)C(C)C. The summed E-state index contributed by atoms with van der Waals surface area (Å²) >= 11 is 0. The van der Waals surface area contributed by atoms with Crippen molar-refractivity contribution < 1.29 is 4.79 Å². The molecule has 0 bridgehead atoms. The van der Waals surface area contributed by atoms with E-state index in [1.165, 1.54) is 0 Å². The van der Waals surface area contributed by atoms with Gasteiger partial charge in [-0.25, -0.2) is 0 Å². The van der Waals surface area contributed by atoms with Gasteiger partial charge in [0.25, 0.3) is 0 Å². The average molecular weight is 234 g/mol. The number of hydrogen-bond acceptors (Lipinski definition) is 2. The van der Waals surface area contributed by atoms with Gasteiger partial charge in [-0.3, -0.25) is 4.79 Å². The molecule has 3 heteroatoms. The van der Waals surface area contributed by atoms with Crippen LogP contribution in [0.3, 0.4) is 0 Å². The number of nitrogens with two attached hydrogens (primary N) is 1. The zero-order chi connectivity index (χ0) is 13.0. The molecule has 0 aliphatic rings. The van der Waals surface area contributed by atoms with Gasteiger partial charge in [0.1, 0.15) is 0 Å². The van der Waals surface area contributed by atoms with E-state index in [1.54, 1.807) is 0 Å². The number of carbonyl (C=O) groups is 1. The molecule has 0 fully saturated rings. The lowest BCUT2D eigenvalue weighted by molar-refractivity contribution is -0.120. The molecule has 0 spiro atoms. The zero-order valence-electron chi connectivity index (χ0n) is 11.1. The third kappa shape index (κ3) is 3.30. The van der Waals surface area contributed by atoms with E-state index >= 15 is 0 Å². The minimum Gasteiger partial charge on any atom is -0.330 e. The maximum Gasteiger partial charge on any atom is 0.229 e. The summed E-state index contributed by atoms with van der Waals surface area (Å²) in [5.74, 6) is 0.137. The number of nitrogens with one attached hydrogen (secondary N) is 1. The molecule has 1 aromatic rings. The molecular formula is C14H22N2O. The molecule has 3 N–H and O–H groups in total. The summed E-state index contributed by atoms with van der Waals surface area (Å²) in [5.41, 5.74) is 8.72. The van der Waals surface area contributed by atoms with Gasteiger partial charge in [-0.2, -0.15) is 0 Å². The molecular weight excluding hydrogens is 212 g/mol. The predicted octanol–water partition coefficient (Wildman–Crippen LogP) is 2.47. The molecule has 1 atom stereocenters. The Bertz CT molecular complexity index is 379. The van der Waals surface area contributed by atoms with Crippen LogP contribution in [0, 0.1) is 25.7 Å². The van der Waals surface area contributed by atoms with Gasteiger partial charge in [-0.05, 0) is 30.9 Å². The molecule has 0 radical (unpaired) electrons. The topological polar surface area (TPSA) is 55.1 Å². The minimum absolute atomic E-state index is 0.0138. The summed E-state index contributed by atoms with van der Waals surface area (Å²) in [6, 6.07) is 5.98. The Hall–Kier alpha value is -1.35. The lowest BCUT2D eigenvalue weighted by Crippen LogP contribution is -2.33. The first-order chi connectivity index (χ1) is 7.97. The van der Waals surface area contributed by atoms with Crippen molar-refractivity contribution >= 4 is 11.6 Å². The number of hydrogen-bond donors (Lipinski definition) is 2. The van der Waals surface area contributed by atoms with Gasteiger partial charge in [0.15, 0.2) is 0 Å². The van der Waals surface area contributed by atoms with Gasteiger partial charge in [-0.1, -0.05) is 32.0 Å². The molecule has 3 nitrogen and oxygen atoms in total. The fraction of sp³-hybridized carbons (Fsp3) is 0.500. The second kappa shape index (κ2) is 5.82. The number of carbonyl (C=O) groups excluding carboxylic acids is 1. The van der Waals surface area contributed by atoms with Crippen LogP contribution in [0.15, 0.2) is 18.2 Å². The maximum absolute atomic E-state index is 12.1. The minimum atomic E-state index is -0.131. The van der Waals surface area contributed by atoms with E-state index in [-0.39, 0.29) is 17.7 Å². The van der Waals surface area contributed by atoms with Gasteiger partial charge >= 0.3 is 0 Å². The second-order valence-electron chi connectivity index (χ2n) is 4.84. The molecule has 0 heterocycles. The van der Waals surface area contributed by atoms with Crippen molar-refractivity contribution in [2.45, 2.75) is 27.7 Å². The highest BCUT2D eigenvalue weighted by Gasteiger charge is 2.21. The van der Waals surface area contributed by atoms with Gasteiger partial charge in [0.2, 0.25) is 5.91 Å². The first kappa shape index (κ1) is 13.7. The Morgan fingerprint density at radius 3 is 2.24 bits per heavy atom. The van der Waals surface area contributed by atoms with Crippen LogP contribution in [-0.4, -0.2) is 12.5 Å². The smallest absolute Gasteiger partial charge is 0.229 e. The van der Waals surface area contributed by atoms with E-state index in [0.717, 1.165) is 16.8 Å². The Morgan fingerprint density at radius 1 is 1.29 bits per heavy atom. The van der Waals surface area contributed by atoms with Crippen molar-refractivity contribution in [2.24, 2.45) is 17.6 Å². The predicted molar refractivity (Wildman–Crippen MR) is 71.9 cm³/mol. The van der Waals surface area contributed by atoms with E-state index in [9.17, 15) is 4.79 Å². The Morgan fingerprint density at radius 2 is 1.82 bits per heavy atom. The van der Waals surface area contributed by atoms with E-state index in [4.69, 9.17) is 5.73 Å². The Kier molecular flexibility index (Phi) is 4.70. The monoisotopic (exact) mass is 234 g/mol. The van der Waals surface area contributed by atoms with E-state index in [2.05, 4.69) is 5.32 Å². The molecule has 0 aliphatic heterocycles. The molecule has 0 aromatic heterocycles. The van der Waals surface area contributed by atoms with E-state index in [0.29, 0.717) is 6.54 Å². The summed E-state index contributed by atoms with van der Waals surface area (Å²) in [6.45, 7) is 8.41. The third-order valence-corrected chi connectivity index (χ3v) is 3.12. The van der Waals surface area contributed by atoms with Crippen LogP contribution in [-0.2, 0) is 4.79 Å². The lowest BCUT2D eigenvalue weighted by Gasteiger charge is -2.20. The van der Waals surface area contributed by atoms with Crippen LogP contribution in [0.1, 0.15) is 25.0 Å². The highest BCUT2D eigenvalue weighted by Crippen LogP contribution is 2.21. The molecule has 1 amide bonds. The van der Waals surface area contributed by atoms with Gasteiger partial charge in [0, 0.05) is 12.2 Å². The number of aryl methyl sites for hydroxylation is 2. The molecule has 0 saturated carbocycles. The summed E-state index contributed by atoms with van der Waals surface area (Å²) in [7, 11) is 0. The molecule has 0 aliphatic carbocycles. The number of anilines is 1. The maximum atomic E-state index is 12.1. The number of para-hydroxylation sites is 1. The van der Waals surface area contributed by atoms with E-state index in [1.807, 2.05) is 45.9 Å². The molecule has 94 valence electrons. The van der Waals surface area contributed by atoms with Crippen molar-refractivity contribution in [1.29, 1.82) is 0 Å². The standard InChI is InChI=1S/C14H22N2O/c1-9(2)12(8-15)14(17)16-13-10(3)6-5-7-11(13)4/h5-7,9,12H,8,15H2,1-4H3,(H,16,17). The van der Waals surface area contributed by atoms with Crippen LogP contribution in [0.5, 0.6) is 0 Å². The first-order valence-corrected chi connectivity index (χ1v) is 6.04. The van der Waals surface area contributed by atoms with Gasteiger partial charge in [0.05, 0.1) is 5.92 Å². The van der Waals surface area contributed by atoms with Crippen LogP contribution >= 0.6 is 0 Å². The van der Waals surface area contributed by atoms with Crippen molar-refractivity contribution in [3.05, 3.63) is 29.3 Å². The normalized spacial score (nSPS) is 12.6. The molecule has 17 heavy (non-hydrogen) atoms. The van der Waals surface area contributed by atoms with Crippen LogP contribution in [0.2, 0.25) is 0 Å².